The number of nitrogens with two attached hydrogens (primary N) is 1. The third-order valence-corrected chi connectivity index (χ3v) is 7.09. The molecule has 0 bridgehead atoms. The maximum absolute atomic E-state index is 10.5. The lowest BCUT2D eigenvalue weighted by molar-refractivity contribution is -0.146. The zero-order chi connectivity index (χ0) is 14.8. The van der Waals surface area contributed by atoms with E-state index in [0.717, 1.165) is 49.0 Å². The quantitative estimate of drug-likeness (QED) is 0.618. The number of aliphatic hydroxyl groups excluding tert-OH is 1. The van der Waals surface area contributed by atoms with Gasteiger partial charge in [-0.25, -0.2) is 0 Å². The highest BCUT2D eigenvalue weighted by molar-refractivity contribution is 5.32. The summed E-state index contributed by atoms with van der Waals surface area (Å²) in [5, 5.41) is 10.5. The maximum atomic E-state index is 10.5. The predicted molar refractivity (Wildman–Crippen MR) is 82.5 cm³/mol. The Balaban J connectivity index is 1.45. The van der Waals surface area contributed by atoms with Crippen LogP contribution < -0.4 is 5.73 Å². The van der Waals surface area contributed by atoms with Crippen molar-refractivity contribution in [1.29, 1.82) is 0 Å². The van der Waals surface area contributed by atoms with Gasteiger partial charge >= 0.3 is 0 Å². The largest absolute Gasteiger partial charge is 0.364 e. The second kappa shape index (κ2) is 4.56. The molecule has 7 atom stereocenters. The van der Waals surface area contributed by atoms with Crippen molar-refractivity contribution in [1.82, 2.24) is 0 Å². The van der Waals surface area contributed by atoms with E-state index < -0.39 is 6.29 Å². The van der Waals surface area contributed by atoms with Crippen molar-refractivity contribution in [3.63, 3.8) is 0 Å². The van der Waals surface area contributed by atoms with Gasteiger partial charge in [0.15, 0.2) is 6.29 Å². The van der Waals surface area contributed by atoms with Crippen LogP contribution in [0.3, 0.4) is 0 Å². The molecule has 1 spiro atoms. The minimum Gasteiger partial charge on any atom is -0.364 e. The maximum Gasteiger partial charge on any atom is 0.177 e. The Hall–Kier alpha value is -0.380. The molecule has 21 heavy (non-hydrogen) atoms. The Morgan fingerprint density at radius 1 is 1.48 bits per heavy atom. The molecular formula is C18H29NO2. The van der Waals surface area contributed by atoms with Crippen LogP contribution in [0.15, 0.2) is 11.6 Å². The summed E-state index contributed by atoms with van der Waals surface area (Å²) < 4.78 is 6.28. The number of hydrogen-bond donors (Lipinski definition) is 2. The fourth-order valence-corrected chi connectivity index (χ4v) is 6.09. The molecule has 0 aliphatic heterocycles. The van der Waals surface area contributed by atoms with Crippen LogP contribution in [0.4, 0.5) is 0 Å². The van der Waals surface area contributed by atoms with E-state index >= 15 is 0 Å². The fourth-order valence-electron chi connectivity index (χ4n) is 6.09. The van der Waals surface area contributed by atoms with Crippen molar-refractivity contribution in [2.24, 2.45) is 28.9 Å². The van der Waals surface area contributed by atoms with Crippen LogP contribution in [0.2, 0.25) is 0 Å². The van der Waals surface area contributed by atoms with E-state index in [1.54, 1.807) is 0 Å². The van der Waals surface area contributed by atoms with Crippen molar-refractivity contribution in [2.75, 3.05) is 0 Å². The van der Waals surface area contributed by atoms with Crippen LogP contribution in [0.5, 0.6) is 0 Å². The summed E-state index contributed by atoms with van der Waals surface area (Å²) >= 11 is 0. The first kappa shape index (κ1) is 14.2. The average molecular weight is 291 g/mol. The highest BCUT2D eigenvalue weighted by atomic mass is 16.6. The van der Waals surface area contributed by atoms with Crippen LogP contribution in [0, 0.1) is 23.2 Å². The number of aliphatic hydroxyl groups is 1. The SMILES string of the molecule is CCC1CC23CC2(OC(O)C2=CCC(N)CC2)CC(C)C13. The molecule has 0 aromatic carbocycles. The zero-order valence-corrected chi connectivity index (χ0v) is 13.3. The normalized spacial score (nSPS) is 52.5. The summed E-state index contributed by atoms with van der Waals surface area (Å²) in [4.78, 5) is 0. The van der Waals surface area contributed by atoms with Crippen LogP contribution in [-0.4, -0.2) is 23.0 Å². The summed E-state index contributed by atoms with van der Waals surface area (Å²) in [7, 11) is 0. The first-order valence-corrected chi connectivity index (χ1v) is 8.82. The standard InChI is InChI=1S/C18H29NO2/c1-3-12-9-17-10-18(17,8-11(2)15(12)17)21-16(20)13-4-6-14(19)7-5-13/h4,11-12,14-16,20H,3,5-10,19H2,1-2H3. The second-order valence-corrected chi connectivity index (χ2v) is 8.19. The van der Waals surface area contributed by atoms with E-state index in [-0.39, 0.29) is 11.6 Å². The van der Waals surface area contributed by atoms with Gasteiger partial charge in [0.25, 0.3) is 0 Å². The van der Waals surface area contributed by atoms with Crippen molar-refractivity contribution < 1.29 is 9.84 Å². The topological polar surface area (TPSA) is 55.5 Å². The van der Waals surface area contributed by atoms with Gasteiger partial charge in [0.05, 0.1) is 5.60 Å². The van der Waals surface area contributed by atoms with Gasteiger partial charge in [-0.3, -0.25) is 0 Å². The van der Waals surface area contributed by atoms with Gasteiger partial charge in [0.1, 0.15) is 0 Å². The molecule has 4 rings (SSSR count). The molecule has 3 N–H and O–H groups in total. The van der Waals surface area contributed by atoms with Gasteiger partial charge in [0, 0.05) is 11.5 Å². The van der Waals surface area contributed by atoms with E-state index in [1.807, 2.05) is 0 Å². The lowest BCUT2D eigenvalue weighted by Crippen LogP contribution is -2.42. The van der Waals surface area contributed by atoms with Gasteiger partial charge in [-0.1, -0.05) is 26.3 Å². The fraction of sp³-hybridized carbons (Fsp3) is 0.889. The Morgan fingerprint density at radius 3 is 2.95 bits per heavy atom. The first-order chi connectivity index (χ1) is 10.0. The molecule has 3 heteroatoms. The zero-order valence-electron chi connectivity index (χ0n) is 13.3. The molecule has 0 aromatic heterocycles. The predicted octanol–water partition coefficient (Wildman–Crippen LogP) is 2.97. The van der Waals surface area contributed by atoms with Gasteiger partial charge in [-0.2, -0.15) is 0 Å². The summed E-state index contributed by atoms with van der Waals surface area (Å²) in [6, 6.07) is 0.263. The molecule has 118 valence electrons. The van der Waals surface area contributed by atoms with Crippen LogP contribution >= 0.6 is 0 Å². The Kier molecular flexibility index (Phi) is 3.09. The van der Waals surface area contributed by atoms with E-state index in [4.69, 9.17) is 10.5 Å². The lowest BCUT2D eigenvalue weighted by atomic mass is 9.59. The van der Waals surface area contributed by atoms with Crippen LogP contribution in [-0.2, 0) is 4.74 Å². The third kappa shape index (κ3) is 1.83. The van der Waals surface area contributed by atoms with E-state index in [0.29, 0.717) is 5.41 Å². The number of ether oxygens (including phenoxy) is 1. The lowest BCUT2D eigenvalue weighted by Gasteiger charge is -2.46. The Bertz CT molecular complexity index is 476. The number of hydrogen-bond acceptors (Lipinski definition) is 3. The van der Waals surface area contributed by atoms with E-state index in [2.05, 4.69) is 19.9 Å². The average Bonchev–Trinajstić information content (AvgIpc) is 3.01. The summed E-state index contributed by atoms with van der Waals surface area (Å²) in [5.74, 6) is 2.51. The minimum absolute atomic E-state index is 0.00255. The molecule has 0 aromatic rings. The Labute approximate surface area is 127 Å². The van der Waals surface area contributed by atoms with Crippen molar-refractivity contribution >= 4 is 0 Å². The number of rotatable bonds is 4. The van der Waals surface area contributed by atoms with Gasteiger partial charge in [0.2, 0.25) is 0 Å². The van der Waals surface area contributed by atoms with Gasteiger partial charge in [-0.15, -0.1) is 0 Å². The molecule has 0 heterocycles. The molecule has 4 aliphatic rings. The molecule has 3 fully saturated rings. The highest BCUT2D eigenvalue weighted by Crippen LogP contribution is 2.83. The molecule has 3 nitrogen and oxygen atoms in total. The summed E-state index contributed by atoms with van der Waals surface area (Å²) in [5.41, 5.74) is 7.42. The van der Waals surface area contributed by atoms with Crippen molar-refractivity contribution in [3.8, 4) is 0 Å². The Morgan fingerprint density at radius 2 is 2.29 bits per heavy atom. The molecule has 4 aliphatic carbocycles. The third-order valence-electron chi connectivity index (χ3n) is 7.09. The molecule has 0 saturated heterocycles. The van der Waals surface area contributed by atoms with Crippen molar-refractivity contribution in [3.05, 3.63) is 11.6 Å². The monoisotopic (exact) mass is 291 g/mol. The highest BCUT2D eigenvalue weighted by Gasteiger charge is 2.82. The van der Waals surface area contributed by atoms with Gasteiger partial charge < -0.3 is 15.6 Å². The minimum atomic E-state index is -0.691. The van der Waals surface area contributed by atoms with Gasteiger partial charge in [-0.05, 0) is 61.9 Å². The second-order valence-electron chi connectivity index (χ2n) is 8.19. The molecule has 0 amide bonds. The van der Waals surface area contributed by atoms with E-state index in [9.17, 15) is 5.11 Å². The van der Waals surface area contributed by atoms with E-state index in [1.165, 1.54) is 19.3 Å². The summed E-state index contributed by atoms with van der Waals surface area (Å²) in [6.45, 7) is 4.70. The van der Waals surface area contributed by atoms with Crippen LogP contribution in [0.1, 0.15) is 58.8 Å². The first-order valence-electron chi connectivity index (χ1n) is 8.82. The molecular weight excluding hydrogens is 262 g/mol. The summed E-state index contributed by atoms with van der Waals surface area (Å²) in [6.07, 6.45) is 9.13. The van der Waals surface area contributed by atoms with Crippen molar-refractivity contribution in [2.45, 2.75) is 76.7 Å². The molecule has 7 unspecified atom stereocenters. The molecule has 0 radical (unpaired) electrons. The van der Waals surface area contributed by atoms with Crippen LogP contribution in [0.25, 0.3) is 0 Å². The molecule has 3 saturated carbocycles. The smallest absolute Gasteiger partial charge is 0.177 e.